The van der Waals surface area contributed by atoms with Crippen LogP contribution in [0.2, 0.25) is 0 Å². The molecule has 0 amide bonds. The van der Waals surface area contributed by atoms with Crippen LogP contribution in [-0.4, -0.2) is 56.4 Å². The van der Waals surface area contributed by atoms with Gasteiger partial charge >= 0.3 is 15.4 Å². The summed E-state index contributed by atoms with van der Waals surface area (Å²) < 4.78 is 26.4. The van der Waals surface area contributed by atoms with Crippen LogP contribution in [0.25, 0.3) is 11.2 Å². The van der Waals surface area contributed by atoms with Gasteiger partial charge < -0.3 is 39.5 Å². The Hall–Kier alpha value is -1.43. The van der Waals surface area contributed by atoms with Gasteiger partial charge in [-0.05, 0) is 6.92 Å². The molecule has 2 aromatic rings. The summed E-state index contributed by atoms with van der Waals surface area (Å²) in [7, 11) is -8.80. The van der Waals surface area contributed by atoms with E-state index >= 15 is 0 Å². The number of hydrogen-bond acceptors (Lipinski definition) is 7. The zero-order chi connectivity index (χ0) is 18.5. The second-order valence-electron chi connectivity index (χ2n) is 4.61. The van der Waals surface area contributed by atoms with Crippen LogP contribution in [0.4, 0.5) is 5.82 Å². The van der Waals surface area contributed by atoms with Crippen LogP contribution in [0.15, 0.2) is 12.7 Å². The minimum absolute atomic E-state index is 0.285. The number of nitrogens with two attached hydrogens (primary N) is 1. The molecule has 0 saturated carbocycles. The molecular weight excluding hydrogens is 368 g/mol. The predicted octanol–water partition coefficient (Wildman–Crippen LogP) is -0.980. The molecule has 136 valence electrons. The summed E-state index contributed by atoms with van der Waals surface area (Å²) >= 11 is 0. The van der Waals surface area contributed by atoms with Crippen molar-refractivity contribution in [2.75, 3.05) is 12.1 Å². The van der Waals surface area contributed by atoms with Crippen molar-refractivity contribution in [3.63, 3.8) is 0 Å². The summed E-state index contributed by atoms with van der Waals surface area (Å²) in [4.78, 5) is 51.0. The SMILES string of the molecule is CC(Cn1cnc2c(N)ncnc21)OCP(=O)(O)O.O=P(O)(O)O. The maximum Gasteiger partial charge on any atom is 0.466 e. The van der Waals surface area contributed by atoms with Gasteiger partial charge in [-0.25, -0.2) is 19.5 Å². The lowest BCUT2D eigenvalue weighted by molar-refractivity contribution is 0.0764. The number of nitrogens with zero attached hydrogens (tertiary/aromatic N) is 4. The van der Waals surface area contributed by atoms with E-state index in [0.29, 0.717) is 17.7 Å². The Labute approximate surface area is 135 Å². The maximum absolute atomic E-state index is 10.7. The number of aromatic nitrogens is 4. The van der Waals surface area contributed by atoms with Crippen molar-refractivity contribution in [2.24, 2.45) is 0 Å². The van der Waals surface area contributed by atoms with Gasteiger partial charge in [-0.2, -0.15) is 0 Å². The Morgan fingerprint density at radius 3 is 2.33 bits per heavy atom. The third-order valence-electron chi connectivity index (χ3n) is 2.41. The molecule has 0 aliphatic carbocycles. The van der Waals surface area contributed by atoms with E-state index in [-0.39, 0.29) is 5.82 Å². The molecule has 1 atom stereocenters. The number of phosphoric acid groups is 1. The number of fused-ring (bicyclic) bond motifs is 1. The van der Waals surface area contributed by atoms with E-state index in [2.05, 4.69) is 15.0 Å². The van der Waals surface area contributed by atoms with Gasteiger partial charge in [0.15, 0.2) is 11.5 Å². The molecule has 0 aliphatic heterocycles. The lowest BCUT2D eigenvalue weighted by Gasteiger charge is -2.14. The van der Waals surface area contributed by atoms with Gasteiger partial charge in [-0.1, -0.05) is 0 Å². The van der Waals surface area contributed by atoms with Crippen molar-refractivity contribution < 1.29 is 38.3 Å². The lowest BCUT2D eigenvalue weighted by atomic mass is 10.4. The normalized spacial score (nSPS) is 13.4. The first kappa shape index (κ1) is 20.6. The summed E-state index contributed by atoms with van der Waals surface area (Å²) in [5.41, 5.74) is 6.70. The second-order valence-corrected chi connectivity index (χ2v) is 7.23. The van der Waals surface area contributed by atoms with E-state index < -0.39 is 27.9 Å². The average molecular weight is 385 g/mol. The second kappa shape index (κ2) is 8.10. The number of hydrogen-bond donors (Lipinski definition) is 6. The summed E-state index contributed by atoms with van der Waals surface area (Å²) in [6.07, 6.45) is 1.85. The number of anilines is 1. The summed E-state index contributed by atoms with van der Waals surface area (Å²) in [6, 6.07) is 0. The fourth-order valence-corrected chi connectivity index (χ4v) is 2.04. The number of imidazole rings is 1. The van der Waals surface area contributed by atoms with E-state index in [1.54, 1.807) is 11.5 Å². The molecular formula is C9H17N5O8P2. The van der Waals surface area contributed by atoms with Gasteiger partial charge in [0.1, 0.15) is 18.2 Å². The van der Waals surface area contributed by atoms with Crippen molar-refractivity contribution in [3.05, 3.63) is 12.7 Å². The molecule has 0 aromatic carbocycles. The van der Waals surface area contributed by atoms with Crippen LogP contribution >= 0.6 is 15.4 Å². The first-order valence-corrected chi connectivity index (χ1v) is 9.59. The highest BCUT2D eigenvalue weighted by Crippen LogP contribution is 2.34. The van der Waals surface area contributed by atoms with Crippen molar-refractivity contribution in [2.45, 2.75) is 19.6 Å². The van der Waals surface area contributed by atoms with E-state index in [1.807, 2.05) is 0 Å². The van der Waals surface area contributed by atoms with Crippen molar-refractivity contribution >= 4 is 32.4 Å². The largest absolute Gasteiger partial charge is 0.466 e. The zero-order valence-corrected chi connectivity index (χ0v) is 14.2. The van der Waals surface area contributed by atoms with Gasteiger partial charge in [0, 0.05) is 0 Å². The Morgan fingerprint density at radius 1 is 1.21 bits per heavy atom. The zero-order valence-electron chi connectivity index (χ0n) is 12.4. The maximum atomic E-state index is 10.7. The van der Waals surface area contributed by atoms with Crippen molar-refractivity contribution in [1.82, 2.24) is 19.5 Å². The standard InChI is InChI=1S/C9H14N5O4P.H3O4P/c1-6(18-5-19(15,16)17)2-14-4-13-7-8(10)11-3-12-9(7)14;1-5(2,3)4/h3-4,6H,2,5H2,1H3,(H2,10,11,12)(H2,15,16,17);(H3,1,2,3,4). The summed E-state index contributed by atoms with van der Waals surface area (Å²) in [5.74, 6) is 0.285. The van der Waals surface area contributed by atoms with Gasteiger partial charge in [-0.15, -0.1) is 0 Å². The monoisotopic (exact) mass is 385 g/mol. The van der Waals surface area contributed by atoms with Gasteiger partial charge in [0.05, 0.1) is 19.0 Å². The third-order valence-corrected chi connectivity index (χ3v) is 2.90. The molecule has 0 bridgehead atoms. The van der Waals surface area contributed by atoms with Crippen LogP contribution < -0.4 is 5.73 Å². The minimum atomic E-state index is -4.64. The third kappa shape index (κ3) is 7.90. The molecule has 0 radical (unpaired) electrons. The predicted molar refractivity (Wildman–Crippen MR) is 81.5 cm³/mol. The Kier molecular flexibility index (Phi) is 6.96. The van der Waals surface area contributed by atoms with E-state index in [0.717, 1.165) is 0 Å². The quantitative estimate of drug-likeness (QED) is 0.342. The molecule has 24 heavy (non-hydrogen) atoms. The van der Waals surface area contributed by atoms with Crippen molar-refractivity contribution in [3.8, 4) is 0 Å². The van der Waals surface area contributed by atoms with E-state index in [4.69, 9.17) is 39.5 Å². The Balaban J connectivity index is 0.000000505. The topological polar surface area (TPSA) is 214 Å². The van der Waals surface area contributed by atoms with E-state index in [1.165, 1.54) is 12.7 Å². The Bertz CT molecular complexity index is 762. The Morgan fingerprint density at radius 2 is 1.79 bits per heavy atom. The highest BCUT2D eigenvalue weighted by molar-refractivity contribution is 7.51. The first-order chi connectivity index (χ1) is 10.9. The first-order valence-electron chi connectivity index (χ1n) is 6.22. The van der Waals surface area contributed by atoms with Crippen LogP contribution in [0, 0.1) is 0 Å². The smallest absolute Gasteiger partial charge is 0.382 e. The van der Waals surface area contributed by atoms with Crippen LogP contribution in [0.3, 0.4) is 0 Å². The number of ether oxygens (including phenoxy) is 1. The molecule has 2 rings (SSSR count). The number of rotatable bonds is 5. The number of nitrogen functional groups attached to an aromatic ring is 1. The van der Waals surface area contributed by atoms with Crippen LogP contribution in [0.1, 0.15) is 6.92 Å². The van der Waals surface area contributed by atoms with Gasteiger partial charge in [0.25, 0.3) is 0 Å². The molecule has 0 saturated heterocycles. The molecule has 2 aromatic heterocycles. The molecule has 7 N–H and O–H groups in total. The highest BCUT2D eigenvalue weighted by atomic mass is 31.2. The van der Waals surface area contributed by atoms with Gasteiger partial charge in [0.2, 0.25) is 0 Å². The fraction of sp³-hybridized carbons (Fsp3) is 0.444. The molecule has 1 unspecified atom stereocenters. The molecule has 13 nitrogen and oxygen atoms in total. The molecule has 2 heterocycles. The van der Waals surface area contributed by atoms with Crippen LogP contribution in [-0.2, 0) is 20.4 Å². The minimum Gasteiger partial charge on any atom is -0.382 e. The molecule has 15 heteroatoms. The highest BCUT2D eigenvalue weighted by Gasteiger charge is 2.16. The molecule has 0 spiro atoms. The average Bonchev–Trinajstić information content (AvgIpc) is 2.79. The molecule has 0 aliphatic rings. The summed E-state index contributed by atoms with van der Waals surface area (Å²) in [6.45, 7) is 2.05. The van der Waals surface area contributed by atoms with Crippen molar-refractivity contribution in [1.29, 1.82) is 0 Å². The fourth-order valence-electron chi connectivity index (χ4n) is 1.59. The molecule has 0 fully saturated rings. The summed E-state index contributed by atoms with van der Waals surface area (Å²) in [5, 5.41) is 0. The van der Waals surface area contributed by atoms with Gasteiger partial charge in [-0.3, -0.25) is 4.57 Å². The van der Waals surface area contributed by atoms with Crippen LogP contribution in [0.5, 0.6) is 0 Å². The lowest BCUT2D eigenvalue weighted by Crippen LogP contribution is -2.17. The van der Waals surface area contributed by atoms with E-state index in [9.17, 15) is 4.57 Å².